The number of amides is 3. The minimum Gasteiger partial charge on any atom is -0.443 e. The van der Waals surface area contributed by atoms with Crippen LogP contribution in [0.3, 0.4) is 0 Å². The van der Waals surface area contributed by atoms with Gasteiger partial charge in [0.05, 0.1) is 17.3 Å². The van der Waals surface area contributed by atoms with E-state index in [1.165, 1.54) is 13.0 Å². The van der Waals surface area contributed by atoms with E-state index in [0.29, 0.717) is 23.4 Å². The van der Waals surface area contributed by atoms with E-state index in [4.69, 9.17) is 10.5 Å². The molecule has 4 N–H and O–H groups in total. The van der Waals surface area contributed by atoms with E-state index in [1.54, 1.807) is 13.8 Å². The molecule has 2 unspecified atom stereocenters. The molecule has 4 saturated carbocycles. The van der Waals surface area contributed by atoms with Crippen LogP contribution in [0.5, 0.6) is 0 Å². The maximum absolute atomic E-state index is 14.0. The summed E-state index contributed by atoms with van der Waals surface area (Å²) in [6, 6.07) is -0.317. The first-order valence-corrected chi connectivity index (χ1v) is 11.6. The summed E-state index contributed by atoms with van der Waals surface area (Å²) in [5, 5.41) is 9.22. The fourth-order valence-electron chi connectivity index (χ4n) is 6.43. The Hall–Kier alpha value is -3.05. The van der Waals surface area contributed by atoms with Crippen LogP contribution in [0.25, 0.3) is 6.20 Å². The fourth-order valence-corrected chi connectivity index (χ4v) is 6.43. The van der Waals surface area contributed by atoms with Crippen molar-refractivity contribution in [1.82, 2.24) is 20.4 Å². The summed E-state index contributed by atoms with van der Waals surface area (Å²) in [5.74, 6) is -0.861. The Kier molecular flexibility index (Phi) is 6.13. The molecule has 9 nitrogen and oxygen atoms in total. The number of carbonyl (C=O) groups excluding carboxylic acids is 3. The van der Waals surface area contributed by atoms with Gasteiger partial charge in [-0.05, 0) is 69.8 Å². The first kappa shape index (κ1) is 25.1. The normalized spacial score (nSPS) is 29.9. The number of rotatable bonds is 6. The number of nitrogens with zero attached hydrogens (tertiary/aromatic N) is 2. The van der Waals surface area contributed by atoms with Crippen molar-refractivity contribution in [2.75, 3.05) is 0 Å². The second kappa shape index (κ2) is 8.56. The lowest BCUT2D eigenvalue weighted by Gasteiger charge is -2.58. The number of nitrogens with one attached hydrogen (secondary N) is 2. The van der Waals surface area contributed by atoms with E-state index in [1.807, 2.05) is 0 Å². The topological polar surface area (TPSA) is 128 Å². The second-order valence-electron chi connectivity index (χ2n) is 10.6. The number of hydrogen-bond acceptors (Lipinski definition) is 5. The van der Waals surface area contributed by atoms with Crippen LogP contribution >= 0.6 is 0 Å². The smallest absolute Gasteiger partial charge is 0.434 e. The zero-order valence-corrected chi connectivity index (χ0v) is 19.8. The highest BCUT2D eigenvalue weighted by molar-refractivity contribution is 5.95. The molecule has 12 heteroatoms. The molecule has 4 aliphatic rings. The minimum atomic E-state index is -4.84. The predicted molar refractivity (Wildman–Crippen MR) is 119 cm³/mol. The lowest BCUT2D eigenvalue weighted by Crippen LogP contribution is -2.63. The van der Waals surface area contributed by atoms with Gasteiger partial charge in [0.25, 0.3) is 5.91 Å². The average molecular weight is 498 g/mol. The maximum atomic E-state index is 14.0. The molecule has 5 rings (SSSR count). The summed E-state index contributed by atoms with van der Waals surface area (Å²) in [4.78, 5) is 35.8. The minimum absolute atomic E-state index is 0.00715. The predicted octanol–water partition coefficient (Wildman–Crippen LogP) is 3.06. The number of carbonyl (C=O) groups is 3. The molecule has 0 aromatic carbocycles. The standard InChI is InChI=1S/C23H30F3N5O4/c1-12(32)30-21(2,3)4-5-31-18(23(24,25)26)16(11-28-31)19(33)29-17-14-6-13-7-15(17)10-22(8-13,9-14)35-20(27)34/h4-5,11,13-15,17H,6-10H2,1-3H3,(H2,27,34)(H,29,33)(H,30,32)/b5-4+/t13?,14?,15?,17-,22-. The highest BCUT2D eigenvalue weighted by Crippen LogP contribution is 2.57. The number of nitrogens with two attached hydrogens (primary N) is 1. The van der Waals surface area contributed by atoms with Crippen molar-refractivity contribution in [3.8, 4) is 0 Å². The third kappa shape index (κ3) is 5.15. The zero-order chi connectivity index (χ0) is 25.8. The molecule has 2 atom stereocenters. The van der Waals surface area contributed by atoms with Crippen molar-refractivity contribution < 1.29 is 32.3 Å². The van der Waals surface area contributed by atoms with Gasteiger partial charge < -0.3 is 21.1 Å². The molecule has 0 spiro atoms. The number of hydrogen-bond donors (Lipinski definition) is 3. The molecule has 4 fully saturated rings. The molecule has 1 aromatic heterocycles. The molecule has 192 valence electrons. The van der Waals surface area contributed by atoms with E-state index in [0.717, 1.165) is 31.7 Å². The third-order valence-corrected chi connectivity index (χ3v) is 7.27. The van der Waals surface area contributed by atoms with Crippen LogP contribution in [0.4, 0.5) is 18.0 Å². The summed E-state index contributed by atoms with van der Waals surface area (Å²) in [6.45, 7) is 4.55. The average Bonchev–Trinajstić information content (AvgIpc) is 3.11. The van der Waals surface area contributed by atoms with E-state index in [9.17, 15) is 27.6 Å². The van der Waals surface area contributed by atoms with Crippen molar-refractivity contribution in [3.63, 3.8) is 0 Å². The molecule has 0 aliphatic heterocycles. The molecule has 4 bridgehead atoms. The Morgan fingerprint density at radius 3 is 2.37 bits per heavy atom. The van der Waals surface area contributed by atoms with Gasteiger partial charge in [-0.15, -0.1) is 0 Å². The molecule has 1 aromatic rings. The number of halogens is 3. The largest absolute Gasteiger partial charge is 0.443 e. The van der Waals surface area contributed by atoms with Gasteiger partial charge >= 0.3 is 12.3 Å². The summed E-state index contributed by atoms with van der Waals surface area (Å²) in [6.07, 6.45) is 1.12. The third-order valence-electron chi connectivity index (χ3n) is 7.27. The van der Waals surface area contributed by atoms with Gasteiger partial charge in [-0.1, -0.05) is 0 Å². The van der Waals surface area contributed by atoms with Gasteiger partial charge in [0.15, 0.2) is 5.69 Å². The molecule has 0 radical (unpaired) electrons. The van der Waals surface area contributed by atoms with Crippen molar-refractivity contribution in [1.29, 1.82) is 0 Å². The van der Waals surface area contributed by atoms with E-state index in [2.05, 4.69) is 15.7 Å². The van der Waals surface area contributed by atoms with Crippen molar-refractivity contribution in [3.05, 3.63) is 23.5 Å². The molecular formula is C23H30F3N5O4. The lowest BCUT2D eigenvalue weighted by atomic mass is 9.52. The summed E-state index contributed by atoms with van der Waals surface area (Å²) in [5.41, 5.74) is 1.94. The quantitative estimate of drug-likeness (QED) is 0.557. The van der Waals surface area contributed by atoms with Crippen molar-refractivity contribution in [2.45, 2.75) is 76.2 Å². The molecule has 3 amide bonds. The Balaban J connectivity index is 1.55. The Bertz CT molecular complexity index is 1050. The van der Waals surface area contributed by atoms with Crippen LogP contribution in [-0.2, 0) is 15.7 Å². The fraction of sp³-hybridized carbons (Fsp3) is 0.652. The number of ether oxygens (including phenoxy) is 1. The van der Waals surface area contributed by atoms with E-state index >= 15 is 0 Å². The highest BCUT2D eigenvalue weighted by atomic mass is 19.4. The summed E-state index contributed by atoms with van der Waals surface area (Å²) in [7, 11) is 0. The van der Waals surface area contributed by atoms with Gasteiger partial charge in [-0.3, -0.25) is 9.59 Å². The zero-order valence-electron chi connectivity index (χ0n) is 19.8. The molecule has 35 heavy (non-hydrogen) atoms. The molecular weight excluding hydrogens is 467 g/mol. The Labute approximate surface area is 200 Å². The Morgan fingerprint density at radius 2 is 1.83 bits per heavy atom. The lowest BCUT2D eigenvalue weighted by molar-refractivity contribution is -0.143. The molecule has 4 aliphatic carbocycles. The summed E-state index contributed by atoms with van der Waals surface area (Å²) >= 11 is 0. The summed E-state index contributed by atoms with van der Waals surface area (Å²) < 4.78 is 48.0. The van der Waals surface area contributed by atoms with Gasteiger partial charge in [0.2, 0.25) is 5.91 Å². The van der Waals surface area contributed by atoms with Crippen molar-refractivity contribution >= 4 is 24.1 Å². The highest BCUT2D eigenvalue weighted by Gasteiger charge is 2.57. The van der Waals surface area contributed by atoms with Gasteiger partial charge in [-0.2, -0.15) is 18.3 Å². The monoisotopic (exact) mass is 497 g/mol. The van der Waals surface area contributed by atoms with Gasteiger partial charge in [-0.25, -0.2) is 9.48 Å². The SMILES string of the molecule is CC(=O)NC(C)(C)/C=C/n1ncc(C(=O)N[C@H]2C3CC4CC2C[C@](OC(N)=O)(C4)C3)c1C(F)(F)F. The van der Waals surface area contributed by atoms with Crippen LogP contribution < -0.4 is 16.4 Å². The Morgan fingerprint density at radius 1 is 1.20 bits per heavy atom. The first-order chi connectivity index (χ1) is 16.2. The van der Waals surface area contributed by atoms with Crippen LogP contribution in [0.2, 0.25) is 0 Å². The van der Waals surface area contributed by atoms with Crippen LogP contribution in [0.15, 0.2) is 12.3 Å². The number of alkyl halides is 3. The second-order valence-corrected chi connectivity index (χ2v) is 10.6. The van der Waals surface area contributed by atoms with E-state index in [-0.39, 0.29) is 23.8 Å². The number of aromatic nitrogens is 2. The molecule has 0 saturated heterocycles. The number of primary amides is 1. The van der Waals surface area contributed by atoms with E-state index < -0.39 is 40.6 Å². The van der Waals surface area contributed by atoms with Crippen LogP contribution in [0, 0.1) is 17.8 Å². The van der Waals surface area contributed by atoms with Crippen LogP contribution in [0.1, 0.15) is 68.9 Å². The van der Waals surface area contributed by atoms with Crippen molar-refractivity contribution in [2.24, 2.45) is 23.5 Å². The van der Waals surface area contributed by atoms with Gasteiger partial charge in [0, 0.05) is 19.2 Å². The van der Waals surface area contributed by atoms with Crippen LogP contribution in [-0.4, -0.2) is 44.9 Å². The molecule has 1 heterocycles. The van der Waals surface area contributed by atoms with Gasteiger partial charge in [0.1, 0.15) is 5.60 Å². The first-order valence-electron chi connectivity index (χ1n) is 11.6. The maximum Gasteiger partial charge on any atom is 0.434 e.